The fourth-order valence-electron chi connectivity index (χ4n) is 6.82. The summed E-state index contributed by atoms with van der Waals surface area (Å²) < 4.78 is 17.0. The highest BCUT2D eigenvalue weighted by Crippen LogP contribution is 2.28. The Hall–Kier alpha value is -4.62. The second kappa shape index (κ2) is 13.6. The van der Waals surface area contributed by atoms with Gasteiger partial charge in [0.2, 0.25) is 23.6 Å². The molecule has 4 fully saturated rings. The molecule has 3 aromatic rings. The zero-order valence-corrected chi connectivity index (χ0v) is 26.1. The highest BCUT2D eigenvalue weighted by molar-refractivity contribution is 5.99. The third-order valence-electron chi connectivity index (χ3n) is 9.31. The van der Waals surface area contributed by atoms with Crippen molar-refractivity contribution in [2.45, 2.75) is 75.7 Å². The van der Waals surface area contributed by atoms with E-state index in [9.17, 15) is 19.2 Å². The maximum atomic E-state index is 13.1. The molecule has 0 spiro atoms. The second-order valence-corrected chi connectivity index (χ2v) is 12.4. The lowest BCUT2D eigenvalue weighted by atomic mass is 10.1. The van der Waals surface area contributed by atoms with Gasteiger partial charge in [-0.1, -0.05) is 0 Å². The number of ether oxygens (including phenoxy) is 2. The number of hydrogen-bond acceptors (Lipinski definition) is 9. The molecule has 4 amide bonds. The lowest BCUT2D eigenvalue weighted by molar-refractivity contribution is -0.144. The number of aromatic nitrogens is 2. The molecule has 7 rings (SSSR count). The Kier molecular flexibility index (Phi) is 8.99. The lowest BCUT2D eigenvalue weighted by Gasteiger charge is -2.26. The molecule has 2 N–H and O–H groups in total. The standard InChI is InChI=1S/C34H38N6O7/c41-29(25-5-1-17-39(25)33(43)27-7-3-19-45-27)35-23-13-9-21(10-14-23)31-37-38-32(47-31)22-11-15-24(16-12-22)36-30(42)26-6-2-18-40(26)34(44)28-8-4-20-46-28/h9-16,25-28H,1-8,17-20H2,(H,35,41)(H,36,42)/t25?,26?,27-,28-/m1/s1. The lowest BCUT2D eigenvalue weighted by Crippen LogP contribution is -2.47. The molecule has 2 unspecified atom stereocenters. The van der Waals surface area contributed by atoms with Crippen molar-refractivity contribution in [3.8, 4) is 22.9 Å². The molecule has 0 radical (unpaired) electrons. The predicted octanol–water partition coefficient (Wildman–Crippen LogP) is 3.62. The number of likely N-dealkylation sites (tertiary alicyclic amines) is 2. The van der Waals surface area contributed by atoms with Gasteiger partial charge in [0.15, 0.2) is 0 Å². The van der Waals surface area contributed by atoms with Crippen molar-refractivity contribution in [1.82, 2.24) is 20.0 Å². The van der Waals surface area contributed by atoms with Crippen LogP contribution in [0.25, 0.3) is 22.9 Å². The summed E-state index contributed by atoms with van der Waals surface area (Å²) in [7, 11) is 0. The molecule has 4 atom stereocenters. The highest BCUT2D eigenvalue weighted by Gasteiger charge is 2.39. The van der Waals surface area contributed by atoms with E-state index < -0.39 is 24.3 Å². The minimum absolute atomic E-state index is 0.0964. The molecular weight excluding hydrogens is 604 g/mol. The Morgan fingerprint density at radius 3 is 1.40 bits per heavy atom. The molecule has 4 aliphatic heterocycles. The van der Waals surface area contributed by atoms with Gasteiger partial charge in [0.1, 0.15) is 24.3 Å². The van der Waals surface area contributed by atoms with E-state index in [2.05, 4.69) is 20.8 Å². The summed E-state index contributed by atoms with van der Waals surface area (Å²) in [5.41, 5.74) is 2.56. The van der Waals surface area contributed by atoms with Crippen LogP contribution in [0, 0.1) is 0 Å². The Bertz CT molecular complexity index is 1490. The minimum Gasteiger partial charge on any atom is -0.416 e. The average molecular weight is 643 g/mol. The smallest absolute Gasteiger partial charge is 0.252 e. The SMILES string of the molecule is O=C(Nc1ccc(-c2nnc(-c3ccc(NC(=O)C4CCCN4C(=O)[C@H]4CCCO4)cc3)o2)cc1)C1CCCN1C(=O)[C@H]1CCCO1. The molecular formula is C34H38N6O7. The number of nitrogens with zero attached hydrogens (tertiary/aromatic N) is 4. The van der Waals surface area contributed by atoms with Gasteiger partial charge in [0.05, 0.1) is 0 Å². The van der Waals surface area contributed by atoms with Gasteiger partial charge in [-0.2, -0.15) is 0 Å². The normalized spacial score (nSPS) is 24.1. The van der Waals surface area contributed by atoms with E-state index in [-0.39, 0.29) is 23.6 Å². The molecule has 1 aromatic heterocycles. The van der Waals surface area contributed by atoms with Crippen molar-refractivity contribution >= 4 is 35.0 Å². The van der Waals surface area contributed by atoms with Crippen molar-refractivity contribution in [3.63, 3.8) is 0 Å². The zero-order chi connectivity index (χ0) is 32.3. The number of carbonyl (C=O) groups is 4. The fraction of sp³-hybridized carbons (Fsp3) is 0.471. The Morgan fingerprint density at radius 1 is 0.596 bits per heavy atom. The molecule has 4 saturated heterocycles. The van der Waals surface area contributed by atoms with E-state index in [1.165, 1.54) is 0 Å². The van der Waals surface area contributed by atoms with Gasteiger partial charge in [-0.05, 0) is 99.9 Å². The fourth-order valence-corrected chi connectivity index (χ4v) is 6.82. The largest absolute Gasteiger partial charge is 0.416 e. The first-order chi connectivity index (χ1) is 22.9. The van der Waals surface area contributed by atoms with Gasteiger partial charge in [-0.15, -0.1) is 10.2 Å². The van der Waals surface area contributed by atoms with Gasteiger partial charge in [-0.25, -0.2) is 0 Å². The summed E-state index contributed by atoms with van der Waals surface area (Å²) in [6.07, 6.45) is 5.05. The Morgan fingerprint density at radius 2 is 1.02 bits per heavy atom. The van der Waals surface area contributed by atoms with E-state index in [0.717, 1.165) is 25.7 Å². The van der Waals surface area contributed by atoms with E-state index in [4.69, 9.17) is 13.9 Å². The van der Waals surface area contributed by atoms with Crippen molar-refractivity contribution in [3.05, 3.63) is 48.5 Å². The summed E-state index contributed by atoms with van der Waals surface area (Å²) in [5, 5.41) is 14.2. The number of hydrogen-bond donors (Lipinski definition) is 2. The predicted molar refractivity (Wildman–Crippen MR) is 170 cm³/mol. The first-order valence-corrected chi connectivity index (χ1v) is 16.4. The topological polar surface area (TPSA) is 156 Å². The quantitative estimate of drug-likeness (QED) is 0.375. The molecule has 0 aliphatic carbocycles. The molecule has 13 nitrogen and oxygen atoms in total. The number of rotatable bonds is 8. The van der Waals surface area contributed by atoms with Crippen LogP contribution in [0.1, 0.15) is 51.4 Å². The van der Waals surface area contributed by atoms with E-state index >= 15 is 0 Å². The van der Waals surface area contributed by atoms with Gasteiger partial charge >= 0.3 is 0 Å². The number of benzene rings is 2. The van der Waals surface area contributed by atoms with E-state index in [1.807, 2.05) is 0 Å². The molecule has 47 heavy (non-hydrogen) atoms. The molecule has 246 valence electrons. The van der Waals surface area contributed by atoms with Crippen LogP contribution < -0.4 is 10.6 Å². The monoisotopic (exact) mass is 642 g/mol. The van der Waals surface area contributed by atoms with E-state index in [1.54, 1.807) is 58.3 Å². The van der Waals surface area contributed by atoms with Crippen molar-refractivity contribution in [1.29, 1.82) is 0 Å². The van der Waals surface area contributed by atoms with Crippen LogP contribution in [0.4, 0.5) is 11.4 Å². The van der Waals surface area contributed by atoms with Crippen LogP contribution in [0.3, 0.4) is 0 Å². The number of amides is 4. The summed E-state index contributed by atoms with van der Waals surface area (Å²) in [4.78, 5) is 55.2. The Labute approximate surface area is 272 Å². The summed E-state index contributed by atoms with van der Waals surface area (Å²) >= 11 is 0. The zero-order valence-electron chi connectivity index (χ0n) is 26.1. The molecule has 0 bridgehead atoms. The van der Waals surface area contributed by atoms with Crippen LogP contribution >= 0.6 is 0 Å². The molecule has 2 aromatic carbocycles. The van der Waals surface area contributed by atoms with Crippen LogP contribution in [0.2, 0.25) is 0 Å². The van der Waals surface area contributed by atoms with Gasteiger partial charge in [0, 0.05) is 48.8 Å². The van der Waals surface area contributed by atoms with E-state index in [0.29, 0.717) is 86.3 Å². The van der Waals surface area contributed by atoms with Gasteiger partial charge in [-0.3, -0.25) is 19.2 Å². The third-order valence-corrected chi connectivity index (χ3v) is 9.31. The van der Waals surface area contributed by atoms with Crippen molar-refractivity contribution in [2.24, 2.45) is 0 Å². The molecule has 13 heteroatoms. The summed E-state index contributed by atoms with van der Waals surface area (Å²) in [5.74, 6) is 0.0121. The maximum Gasteiger partial charge on any atom is 0.252 e. The van der Waals surface area contributed by atoms with Gasteiger partial charge < -0.3 is 34.3 Å². The minimum atomic E-state index is -0.511. The second-order valence-electron chi connectivity index (χ2n) is 12.4. The summed E-state index contributed by atoms with van der Waals surface area (Å²) in [6.45, 7) is 2.29. The maximum absolute atomic E-state index is 13.1. The van der Waals surface area contributed by atoms with Crippen LogP contribution in [-0.2, 0) is 28.7 Å². The van der Waals surface area contributed by atoms with Crippen molar-refractivity contribution < 1.29 is 33.1 Å². The third kappa shape index (κ3) is 6.63. The summed E-state index contributed by atoms with van der Waals surface area (Å²) in [6, 6.07) is 13.1. The van der Waals surface area contributed by atoms with Crippen LogP contribution in [-0.4, -0.2) is 94.2 Å². The molecule has 5 heterocycles. The first kappa shape index (κ1) is 31.0. The number of anilines is 2. The Balaban J connectivity index is 0.940. The first-order valence-electron chi connectivity index (χ1n) is 16.4. The van der Waals surface area contributed by atoms with Gasteiger partial charge in [0.25, 0.3) is 11.8 Å². The molecule has 4 aliphatic rings. The number of nitrogens with one attached hydrogen (secondary N) is 2. The van der Waals surface area contributed by atoms with Crippen molar-refractivity contribution in [2.75, 3.05) is 36.9 Å². The highest BCUT2D eigenvalue weighted by atomic mass is 16.5. The van der Waals surface area contributed by atoms with Crippen LogP contribution in [0.5, 0.6) is 0 Å². The molecule has 0 saturated carbocycles. The average Bonchev–Trinajstić information content (AvgIpc) is 3.93. The number of carbonyl (C=O) groups excluding carboxylic acids is 4. The van der Waals surface area contributed by atoms with Crippen LogP contribution in [0.15, 0.2) is 52.9 Å².